The molecule has 4 nitrogen and oxygen atoms in total. The van der Waals surface area contributed by atoms with E-state index in [1.54, 1.807) is 11.3 Å². The summed E-state index contributed by atoms with van der Waals surface area (Å²) in [5.74, 6) is 0.981. The second kappa shape index (κ2) is 5.54. The Bertz CT molecular complexity index is 487. The Morgan fingerprint density at radius 2 is 2.28 bits per heavy atom. The summed E-state index contributed by atoms with van der Waals surface area (Å²) in [6.07, 6.45) is 1.93. The van der Waals surface area contributed by atoms with Gasteiger partial charge in [-0.3, -0.25) is 0 Å². The monoisotopic (exact) mass is 264 g/mol. The van der Waals surface area contributed by atoms with Crippen LogP contribution in [0.5, 0.6) is 0 Å². The summed E-state index contributed by atoms with van der Waals surface area (Å²) in [5, 5.41) is 7.82. The molecule has 2 aromatic rings. The highest BCUT2D eigenvalue weighted by Crippen LogP contribution is 2.17. The molecular weight excluding hydrogens is 244 g/mol. The van der Waals surface area contributed by atoms with Crippen molar-refractivity contribution in [3.63, 3.8) is 0 Å². The van der Waals surface area contributed by atoms with Crippen LogP contribution in [0.25, 0.3) is 0 Å². The zero-order valence-corrected chi connectivity index (χ0v) is 12.2. The van der Waals surface area contributed by atoms with Crippen LogP contribution in [0.1, 0.15) is 24.2 Å². The minimum Gasteiger partial charge on any atom is -0.348 e. The molecule has 1 atom stereocenters. The molecule has 0 saturated carbocycles. The summed E-state index contributed by atoms with van der Waals surface area (Å²) < 4.78 is 2.12. The lowest BCUT2D eigenvalue weighted by Gasteiger charge is -2.15. The fraction of sp³-hybridized carbons (Fsp3) is 0.462. The van der Waals surface area contributed by atoms with E-state index in [-0.39, 0.29) is 0 Å². The van der Waals surface area contributed by atoms with Crippen molar-refractivity contribution in [1.29, 1.82) is 0 Å². The molecule has 0 aliphatic carbocycles. The fourth-order valence-electron chi connectivity index (χ4n) is 1.91. The maximum atomic E-state index is 4.41. The second-order valence-corrected chi connectivity index (χ2v) is 5.44. The average molecular weight is 264 g/mol. The second-order valence-electron chi connectivity index (χ2n) is 4.66. The third-order valence-corrected chi connectivity index (χ3v) is 3.79. The van der Waals surface area contributed by atoms with Crippen LogP contribution in [0.3, 0.4) is 0 Å². The first-order valence-electron chi connectivity index (χ1n) is 6.03. The molecule has 0 radical (unpaired) electrons. The highest BCUT2D eigenvalue weighted by molar-refractivity contribution is 7.07. The van der Waals surface area contributed by atoms with Gasteiger partial charge in [0, 0.05) is 33.7 Å². The van der Waals surface area contributed by atoms with Gasteiger partial charge in [-0.2, -0.15) is 11.3 Å². The Morgan fingerprint density at radius 3 is 2.83 bits per heavy atom. The summed E-state index contributed by atoms with van der Waals surface area (Å²) in [4.78, 5) is 6.43. The van der Waals surface area contributed by atoms with E-state index in [4.69, 9.17) is 0 Å². The quantitative estimate of drug-likeness (QED) is 0.900. The lowest BCUT2D eigenvalue weighted by atomic mass is 10.2. The van der Waals surface area contributed by atoms with Crippen molar-refractivity contribution < 1.29 is 0 Å². The van der Waals surface area contributed by atoms with E-state index >= 15 is 0 Å². The molecule has 0 aliphatic rings. The van der Waals surface area contributed by atoms with Gasteiger partial charge in [-0.05, 0) is 29.3 Å². The molecule has 0 fully saturated rings. The summed E-state index contributed by atoms with van der Waals surface area (Å²) >= 11 is 1.74. The van der Waals surface area contributed by atoms with Crippen LogP contribution in [0, 0.1) is 0 Å². The van der Waals surface area contributed by atoms with Crippen LogP contribution < -0.4 is 10.2 Å². The molecule has 0 aliphatic heterocycles. The summed E-state index contributed by atoms with van der Waals surface area (Å²) in [6.45, 7) is 3.01. The van der Waals surface area contributed by atoms with Gasteiger partial charge in [0.2, 0.25) is 5.95 Å². The first-order valence-corrected chi connectivity index (χ1v) is 6.97. The normalized spacial score (nSPS) is 12.7. The number of hydrogen-bond acceptors (Lipinski definition) is 4. The average Bonchev–Trinajstić information content (AvgIpc) is 2.95. The molecule has 2 aromatic heterocycles. The number of aromatic nitrogens is 2. The molecule has 98 valence electrons. The van der Waals surface area contributed by atoms with E-state index in [0.29, 0.717) is 6.04 Å². The smallest absolute Gasteiger partial charge is 0.204 e. The van der Waals surface area contributed by atoms with Gasteiger partial charge in [-0.25, -0.2) is 4.98 Å². The number of imidazole rings is 1. The molecule has 5 heteroatoms. The maximum Gasteiger partial charge on any atom is 0.204 e. The van der Waals surface area contributed by atoms with E-state index in [2.05, 4.69) is 45.7 Å². The van der Waals surface area contributed by atoms with Crippen molar-refractivity contribution in [2.24, 2.45) is 7.05 Å². The fourth-order valence-corrected chi connectivity index (χ4v) is 2.66. The standard InChI is InChI=1S/C13H20N4S/c1-10(11-5-6-18-9-11)14-7-12-8-15-13(16(2)3)17(12)4/h5-6,8-10,14H,7H2,1-4H3. The van der Waals surface area contributed by atoms with Gasteiger partial charge in [-0.1, -0.05) is 0 Å². The van der Waals surface area contributed by atoms with Gasteiger partial charge >= 0.3 is 0 Å². The highest BCUT2D eigenvalue weighted by atomic mass is 32.1. The lowest BCUT2D eigenvalue weighted by Crippen LogP contribution is -2.20. The van der Waals surface area contributed by atoms with Crippen molar-refractivity contribution in [2.45, 2.75) is 19.5 Å². The zero-order valence-electron chi connectivity index (χ0n) is 11.3. The lowest BCUT2D eigenvalue weighted by molar-refractivity contribution is 0.559. The van der Waals surface area contributed by atoms with Crippen molar-refractivity contribution in [3.05, 3.63) is 34.3 Å². The topological polar surface area (TPSA) is 33.1 Å². The van der Waals surface area contributed by atoms with Crippen molar-refractivity contribution in [2.75, 3.05) is 19.0 Å². The summed E-state index contributed by atoms with van der Waals surface area (Å²) in [7, 11) is 6.07. The van der Waals surface area contributed by atoms with E-state index < -0.39 is 0 Å². The molecule has 0 saturated heterocycles. The Kier molecular flexibility index (Phi) is 4.04. The van der Waals surface area contributed by atoms with Gasteiger partial charge in [0.05, 0.1) is 11.9 Å². The predicted octanol–water partition coefficient (Wildman–Crippen LogP) is 2.40. The van der Waals surface area contributed by atoms with Crippen LogP contribution >= 0.6 is 11.3 Å². The molecule has 0 amide bonds. The van der Waals surface area contributed by atoms with Gasteiger partial charge in [0.1, 0.15) is 0 Å². The SMILES string of the molecule is CC(NCc1cnc(N(C)C)n1C)c1ccsc1. The Balaban J connectivity index is 1.98. The van der Waals surface area contributed by atoms with E-state index in [1.165, 1.54) is 11.3 Å². The third kappa shape index (κ3) is 2.73. The van der Waals surface area contributed by atoms with Crippen LogP contribution in [-0.4, -0.2) is 23.6 Å². The molecule has 0 bridgehead atoms. The largest absolute Gasteiger partial charge is 0.348 e. The number of anilines is 1. The molecule has 1 N–H and O–H groups in total. The summed E-state index contributed by atoms with van der Waals surface area (Å²) in [5.41, 5.74) is 2.54. The Hall–Kier alpha value is -1.33. The maximum absolute atomic E-state index is 4.41. The summed E-state index contributed by atoms with van der Waals surface area (Å²) in [6, 6.07) is 2.53. The Labute approximate surface area is 112 Å². The molecular formula is C13H20N4S. The van der Waals surface area contributed by atoms with Crippen LogP contribution in [0.4, 0.5) is 5.95 Å². The van der Waals surface area contributed by atoms with Gasteiger partial charge in [0.25, 0.3) is 0 Å². The van der Waals surface area contributed by atoms with Crippen LogP contribution in [-0.2, 0) is 13.6 Å². The minimum absolute atomic E-state index is 0.369. The van der Waals surface area contributed by atoms with E-state index in [1.807, 2.05) is 25.2 Å². The van der Waals surface area contributed by atoms with E-state index in [9.17, 15) is 0 Å². The predicted molar refractivity (Wildman–Crippen MR) is 77.1 cm³/mol. The number of nitrogens with one attached hydrogen (secondary N) is 1. The molecule has 0 spiro atoms. The van der Waals surface area contributed by atoms with Gasteiger partial charge in [-0.15, -0.1) is 0 Å². The third-order valence-electron chi connectivity index (χ3n) is 3.09. The molecule has 2 rings (SSSR count). The van der Waals surface area contributed by atoms with Gasteiger partial charge in [0.15, 0.2) is 0 Å². The minimum atomic E-state index is 0.369. The van der Waals surface area contributed by atoms with Crippen molar-refractivity contribution in [3.8, 4) is 0 Å². The van der Waals surface area contributed by atoms with Crippen LogP contribution in [0.15, 0.2) is 23.0 Å². The molecule has 1 unspecified atom stereocenters. The molecule has 18 heavy (non-hydrogen) atoms. The number of hydrogen-bond donors (Lipinski definition) is 1. The number of rotatable bonds is 5. The Morgan fingerprint density at radius 1 is 1.50 bits per heavy atom. The first-order chi connectivity index (χ1) is 8.59. The molecule has 2 heterocycles. The molecule has 0 aromatic carbocycles. The zero-order chi connectivity index (χ0) is 13.1. The number of nitrogens with zero attached hydrogens (tertiary/aromatic N) is 3. The highest BCUT2D eigenvalue weighted by Gasteiger charge is 2.10. The first kappa shape index (κ1) is 13.1. The van der Waals surface area contributed by atoms with Crippen LogP contribution in [0.2, 0.25) is 0 Å². The van der Waals surface area contributed by atoms with Crippen molar-refractivity contribution in [1.82, 2.24) is 14.9 Å². The van der Waals surface area contributed by atoms with Crippen molar-refractivity contribution >= 4 is 17.3 Å². The number of thiophene rings is 1. The van der Waals surface area contributed by atoms with E-state index in [0.717, 1.165) is 12.5 Å². The van der Waals surface area contributed by atoms with Gasteiger partial charge < -0.3 is 14.8 Å².